The highest BCUT2D eigenvalue weighted by atomic mass is 19.1. The molecule has 0 spiro atoms. The maximum atomic E-state index is 13.3. The Balaban J connectivity index is 1.80. The van der Waals surface area contributed by atoms with Gasteiger partial charge in [-0.15, -0.1) is 0 Å². The van der Waals surface area contributed by atoms with E-state index in [9.17, 15) is 9.18 Å². The van der Waals surface area contributed by atoms with Crippen LogP contribution in [0.1, 0.15) is 24.8 Å². The van der Waals surface area contributed by atoms with E-state index in [1.165, 1.54) is 6.07 Å². The standard InChI is InChI=1S/C13H17FN2O/c14-11-5-2-1-4-10(11)6-9-16-12(17)13(15)7-3-8-13/h1-2,4-5H,3,6-9,15H2,(H,16,17). The summed E-state index contributed by atoms with van der Waals surface area (Å²) in [4.78, 5) is 11.7. The molecular weight excluding hydrogens is 219 g/mol. The fourth-order valence-corrected chi connectivity index (χ4v) is 1.97. The summed E-state index contributed by atoms with van der Waals surface area (Å²) in [5.74, 6) is -0.340. The van der Waals surface area contributed by atoms with Crippen LogP contribution in [0.15, 0.2) is 24.3 Å². The first-order valence-corrected chi connectivity index (χ1v) is 5.92. The molecule has 3 nitrogen and oxygen atoms in total. The van der Waals surface area contributed by atoms with Gasteiger partial charge in [0, 0.05) is 6.54 Å². The van der Waals surface area contributed by atoms with E-state index in [1.807, 2.05) is 0 Å². The Bertz CT molecular complexity index is 416. The molecule has 1 amide bonds. The van der Waals surface area contributed by atoms with Crippen LogP contribution in [0.2, 0.25) is 0 Å². The predicted octanol–water partition coefficient (Wildman–Crippen LogP) is 1.37. The van der Waals surface area contributed by atoms with Crippen molar-refractivity contribution in [3.05, 3.63) is 35.6 Å². The third-order valence-corrected chi connectivity index (χ3v) is 3.34. The predicted molar refractivity (Wildman–Crippen MR) is 63.9 cm³/mol. The lowest BCUT2D eigenvalue weighted by atomic mass is 9.77. The van der Waals surface area contributed by atoms with Gasteiger partial charge in [-0.1, -0.05) is 18.2 Å². The third-order valence-electron chi connectivity index (χ3n) is 3.34. The second kappa shape index (κ2) is 4.84. The van der Waals surface area contributed by atoms with E-state index in [1.54, 1.807) is 18.2 Å². The SMILES string of the molecule is NC1(C(=O)NCCc2ccccc2F)CCC1. The first kappa shape index (κ1) is 12.0. The number of nitrogens with one attached hydrogen (secondary N) is 1. The van der Waals surface area contributed by atoms with Gasteiger partial charge in [0.25, 0.3) is 0 Å². The largest absolute Gasteiger partial charge is 0.354 e. The Morgan fingerprint density at radius 2 is 2.12 bits per heavy atom. The van der Waals surface area contributed by atoms with Crippen molar-refractivity contribution in [2.24, 2.45) is 5.73 Å². The second-order valence-corrected chi connectivity index (χ2v) is 4.61. The molecule has 0 saturated heterocycles. The van der Waals surface area contributed by atoms with E-state index in [0.717, 1.165) is 19.3 Å². The Morgan fingerprint density at radius 3 is 2.71 bits per heavy atom. The van der Waals surface area contributed by atoms with Crippen molar-refractivity contribution in [3.8, 4) is 0 Å². The van der Waals surface area contributed by atoms with Crippen LogP contribution >= 0.6 is 0 Å². The van der Waals surface area contributed by atoms with Crippen LogP contribution in [0.5, 0.6) is 0 Å². The van der Waals surface area contributed by atoms with Crippen LogP contribution in [0.4, 0.5) is 4.39 Å². The van der Waals surface area contributed by atoms with Crippen molar-refractivity contribution in [1.82, 2.24) is 5.32 Å². The molecule has 1 aliphatic carbocycles. The summed E-state index contributed by atoms with van der Waals surface area (Å²) in [6, 6.07) is 6.59. The molecule has 0 atom stereocenters. The van der Waals surface area contributed by atoms with Gasteiger partial charge in [0.15, 0.2) is 0 Å². The molecule has 1 aliphatic rings. The summed E-state index contributed by atoms with van der Waals surface area (Å²) in [6.45, 7) is 0.429. The van der Waals surface area contributed by atoms with E-state index in [2.05, 4.69) is 5.32 Å². The van der Waals surface area contributed by atoms with Crippen molar-refractivity contribution in [2.75, 3.05) is 6.54 Å². The molecule has 0 heterocycles. The number of hydrogen-bond acceptors (Lipinski definition) is 2. The van der Waals surface area contributed by atoms with Gasteiger partial charge in [-0.2, -0.15) is 0 Å². The number of halogens is 1. The minimum atomic E-state index is -0.671. The molecule has 1 saturated carbocycles. The molecule has 1 aromatic rings. The number of nitrogens with two attached hydrogens (primary N) is 1. The lowest BCUT2D eigenvalue weighted by molar-refractivity contribution is -0.129. The first-order chi connectivity index (χ1) is 8.12. The molecule has 0 unspecified atom stereocenters. The van der Waals surface area contributed by atoms with E-state index in [-0.39, 0.29) is 11.7 Å². The Hall–Kier alpha value is -1.42. The monoisotopic (exact) mass is 236 g/mol. The second-order valence-electron chi connectivity index (χ2n) is 4.61. The number of hydrogen-bond donors (Lipinski definition) is 2. The van der Waals surface area contributed by atoms with Gasteiger partial charge in [0.2, 0.25) is 5.91 Å². The van der Waals surface area contributed by atoms with E-state index < -0.39 is 5.54 Å². The summed E-state index contributed by atoms with van der Waals surface area (Å²) in [7, 11) is 0. The summed E-state index contributed by atoms with van der Waals surface area (Å²) < 4.78 is 13.3. The molecule has 0 radical (unpaired) electrons. The van der Waals surface area contributed by atoms with Gasteiger partial charge in [0.1, 0.15) is 5.82 Å². The normalized spacial score (nSPS) is 17.3. The molecule has 2 rings (SSSR count). The Morgan fingerprint density at radius 1 is 1.41 bits per heavy atom. The Kier molecular flexibility index (Phi) is 3.43. The minimum absolute atomic E-state index is 0.111. The Labute approximate surface area is 100 Å². The molecular formula is C13H17FN2O. The van der Waals surface area contributed by atoms with Gasteiger partial charge < -0.3 is 11.1 Å². The van der Waals surface area contributed by atoms with E-state index in [0.29, 0.717) is 18.5 Å². The van der Waals surface area contributed by atoms with Crippen LogP contribution in [-0.2, 0) is 11.2 Å². The van der Waals surface area contributed by atoms with Crippen LogP contribution in [0.25, 0.3) is 0 Å². The summed E-state index contributed by atoms with van der Waals surface area (Å²) in [5.41, 5.74) is 5.82. The highest BCUT2D eigenvalue weighted by Crippen LogP contribution is 2.28. The number of amides is 1. The van der Waals surface area contributed by atoms with E-state index in [4.69, 9.17) is 5.73 Å². The number of carbonyl (C=O) groups excluding carboxylic acids is 1. The quantitative estimate of drug-likeness (QED) is 0.829. The molecule has 0 bridgehead atoms. The maximum Gasteiger partial charge on any atom is 0.240 e. The van der Waals surface area contributed by atoms with Crippen LogP contribution < -0.4 is 11.1 Å². The van der Waals surface area contributed by atoms with E-state index >= 15 is 0 Å². The zero-order valence-corrected chi connectivity index (χ0v) is 9.71. The average Bonchev–Trinajstić information content (AvgIpc) is 2.28. The highest BCUT2D eigenvalue weighted by molar-refractivity contribution is 5.86. The van der Waals surface area contributed by atoms with Crippen LogP contribution in [0, 0.1) is 5.82 Å². The lowest BCUT2D eigenvalue weighted by Crippen LogP contribution is -2.58. The van der Waals surface area contributed by atoms with Gasteiger partial charge in [0.05, 0.1) is 5.54 Å². The number of carbonyl (C=O) groups is 1. The van der Waals surface area contributed by atoms with Crippen molar-refractivity contribution < 1.29 is 9.18 Å². The molecule has 4 heteroatoms. The van der Waals surface area contributed by atoms with Crippen LogP contribution in [-0.4, -0.2) is 18.0 Å². The van der Waals surface area contributed by atoms with Crippen molar-refractivity contribution in [3.63, 3.8) is 0 Å². The molecule has 17 heavy (non-hydrogen) atoms. The smallest absolute Gasteiger partial charge is 0.240 e. The molecule has 92 valence electrons. The zero-order chi connectivity index (χ0) is 12.3. The fraction of sp³-hybridized carbons (Fsp3) is 0.462. The molecule has 0 aromatic heterocycles. The van der Waals surface area contributed by atoms with Gasteiger partial charge >= 0.3 is 0 Å². The van der Waals surface area contributed by atoms with Gasteiger partial charge in [-0.25, -0.2) is 4.39 Å². The third kappa shape index (κ3) is 2.64. The minimum Gasteiger partial charge on any atom is -0.354 e. The molecule has 1 fully saturated rings. The van der Waals surface area contributed by atoms with Gasteiger partial charge in [-0.05, 0) is 37.3 Å². The summed E-state index contributed by atoms with van der Waals surface area (Å²) >= 11 is 0. The number of rotatable bonds is 4. The topological polar surface area (TPSA) is 55.1 Å². The maximum absolute atomic E-state index is 13.3. The van der Waals surface area contributed by atoms with Gasteiger partial charge in [-0.3, -0.25) is 4.79 Å². The molecule has 0 aliphatic heterocycles. The molecule has 3 N–H and O–H groups in total. The summed E-state index contributed by atoms with van der Waals surface area (Å²) in [6.07, 6.45) is 3.00. The highest BCUT2D eigenvalue weighted by Gasteiger charge is 2.39. The lowest BCUT2D eigenvalue weighted by Gasteiger charge is -2.36. The summed E-state index contributed by atoms with van der Waals surface area (Å²) in [5, 5.41) is 2.77. The van der Waals surface area contributed by atoms with Crippen molar-refractivity contribution in [2.45, 2.75) is 31.2 Å². The first-order valence-electron chi connectivity index (χ1n) is 5.92. The van der Waals surface area contributed by atoms with Crippen molar-refractivity contribution >= 4 is 5.91 Å². The fourth-order valence-electron chi connectivity index (χ4n) is 1.97. The zero-order valence-electron chi connectivity index (χ0n) is 9.71. The average molecular weight is 236 g/mol. The van der Waals surface area contributed by atoms with Crippen molar-refractivity contribution in [1.29, 1.82) is 0 Å². The van der Waals surface area contributed by atoms with Crippen LogP contribution in [0.3, 0.4) is 0 Å². The molecule has 1 aromatic carbocycles. The number of benzene rings is 1.